The summed E-state index contributed by atoms with van der Waals surface area (Å²) in [5.41, 5.74) is 1.75. The SMILES string of the molecule is CC(=O)O.CC(=O)O.CCCOc1ccc(-c2cc(F)c(C#N)c(F)c2)cc1.CCCOc1ccc(B(O)O)cc1.CPP.Cc1ccccc1P.N#Cc1c(F)cc(Br)cc1F.[Pd]. The number of halogens is 5. The first-order chi connectivity index (χ1) is 29.7. The number of nitrogens with zero attached hydrogens (tertiary/aromatic N) is 2. The fourth-order valence-corrected chi connectivity index (χ4v) is 4.61. The molecule has 0 radical (unpaired) electrons. The molecule has 3 unspecified atom stereocenters. The van der Waals surface area contributed by atoms with Gasteiger partial charge < -0.3 is 29.7 Å². The van der Waals surface area contributed by atoms with Crippen LogP contribution in [-0.4, -0.2) is 59.2 Å². The van der Waals surface area contributed by atoms with Crippen molar-refractivity contribution in [3.8, 4) is 34.8 Å². The topological polar surface area (TPSA) is 181 Å². The van der Waals surface area contributed by atoms with Crippen molar-refractivity contribution in [3.05, 3.63) is 141 Å². The number of nitriles is 2. The zero-order valence-electron chi connectivity index (χ0n) is 35.8. The Balaban J connectivity index is -0.000000741. The minimum absolute atomic E-state index is 0. The van der Waals surface area contributed by atoms with Gasteiger partial charge in [0.2, 0.25) is 0 Å². The summed E-state index contributed by atoms with van der Waals surface area (Å²) in [4.78, 5) is 18.0. The number of aryl methyl sites for hydroxylation is 1. The summed E-state index contributed by atoms with van der Waals surface area (Å²) in [6.07, 6.45) is 1.87. The van der Waals surface area contributed by atoms with Crippen molar-refractivity contribution in [2.75, 3.05) is 19.9 Å². The van der Waals surface area contributed by atoms with E-state index in [4.69, 9.17) is 49.8 Å². The summed E-state index contributed by atoms with van der Waals surface area (Å²) in [6, 6.07) is 29.3. The molecule has 4 N–H and O–H groups in total. The van der Waals surface area contributed by atoms with Crippen molar-refractivity contribution < 1.29 is 77.3 Å². The molecular formula is C44H51BBrF4N2O8P3Pd. The summed E-state index contributed by atoms with van der Waals surface area (Å²) in [5, 5.41) is 50.6. The maximum atomic E-state index is 13.6. The van der Waals surface area contributed by atoms with Gasteiger partial charge in [0, 0.05) is 38.7 Å². The molecule has 0 fully saturated rings. The van der Waals surface area contributed by atoms with Gasteiger partial charge in [0.1, 0.15) is 58.0 Å². The zero-order valence-corrected chi connectivity index (χ0v) is 42.3. The quantitative estimate of drug-likeness (QED) is 0.0664. The molecule has 0 amide bonds. The number of aliphatic carboxylic acids is 2. The largest absolute Gasteiger partial charge is 0.494 e. The van der Waals surface area contributed by atoms with Gasteiger partial charge in [-0.15, -0.1) is 26.4 Å². The van der Waals surface area contributed by atoms with E-state index >= 15 is 0 Å². The number of hydrogen-bond acceptors (Lipinski definition) is 8. The number of rotatable bonds is 8. The zero-order chi connectivity index (χ0) is 48.5. The predicted octanol–water partition coefficient (Wildman–Crippen LogP) is 9.81. The van der Waals surface area contributed by atoms with Gasteiger partial charge in [-0.05, 0) is 102 Å². The summed E-state index contributed by atoms with van der Waals surface area (Å²) in [7, 11) is 4.89. The van der Waals surface area contributed by atoms with Crippen molar-refractivity contribution in [1.82, 2.24) is 0 Å². The van der Waals surface area contributed by atoms with Gasteiger partial charge >= 0.3 is 7.12 Å². The van der Waals surface area contributed by atoms with Crippen molar-refractivity contribution in [3.63, 3.8) is 0 Å². The third-order valence-electron chi connectivity index (χ3n) is 6.77. The van der Waals surface area contributed by atoms with E-state index in [1.54, 1.807) is 48.5 Å². The molecule has 0 aliphatic rings. The Morgan fingerprint density at radius 3 is 1.36 bits per heavy atom. The Kier molecular flexibility index (Phi) is 38.1. The smallest absolute Gasteiger partial charge is 0.488 e. The van der Waals surface area contributed by atoms with Crippen molar-refractivity contribution >= 4 is 72.2 Å². The molecule has 20 heteroatoms. The minimum atomic E-state index is -1.40. The molecule has 348 valence electrons. The average Bonchev–Trinajstić information content (AvgIpc) is 3.21. The van der Waals surface area contributed by atoms with Crippen molar-refractivity contribution in [2.24, 2.45) is 0 Å². The second-order valence-corrected chi connectivity index (χ2v) is 16.0. The Morgan fingerprint density at radius 2 is 1.06 bits per heavy atom. The maximum absolute atomic E-state index is 13.6. The molecule has 0 aliphatic heterocycles. The summed E-state index contributed by atoms with van der Waals surface area (Å²) < 4.78 is 63.4. The molecule has 64 heavy (non-hydrogen) atoms. The molecule has 0 aliphatic carbocycles. The second kappa shape index (κ2) is 38.1. The van der Waals surface area contributed by atoms with Crippen LogP contribution in [-0.2, 0) is 30.0 Å². The normalized spacial score (nSPS) is 9.14. The Morgan fingerprint density at radius 1 is 0.719 bits per heavy atom. The van der Waals surface area contributed by atoms with E-state index in [2.05, 4.69) is 59.8 Å². The van der Waals surface area contributed by atoms with Gasteiger partial charge in [0.15, 0.2) is 0 Å². The van der Waals surface area contributed by atoms with Crippen LogP contribution in [0.3, 0.4) is 0 Å². The third kappa shape index (κ3) is 30.0. The molecule has 0 bridgehead atoms. The first-order valence-corrected chi connectivity index (χ1v) is 23.2. The molecule has 0 saturated heterocycles. The fourth-order valence-electron chi connectivity index (χ4n) is 4.00. The van der Waals surface area contributed by atoms with Gasteiger partial charge in [0.25, 0.3) is 11.9 Å². The van der Waals surface area contributed by atoms with Crippen LogP contribution in [0, 0.1) is 52.9 Å². The van der Waals surface area contributed by atoms with E-state index in [1.807, 2.05) is 26.0 Å². The minimum Gasteiger partial charge on any atom is -0.494 e. The number of benzene rings is 5. The van der Waals surface area contributed by atoms with E-state index < -0.39 is 53.5 Å². The van der Waals surface area contributed by atoms with Crippen LogP contribution < -0.4 is 20.2 Å². The predicted molar refractivity (Wildman–Crippen MR) is 254 cm³/mol. The summed E-state index contributed by atoms with van der Waals surface area (Å²) in [6.45, 7) is 11.7. The van der Waals surface area contributed by atoms with Gasteiger partial charge in [-0.1, -0.05) is 78.3 Å². The number of hydrogen-bond donors (Lipinski definition) is 4. The molecule has 0 aromatic heterocycles. The van der Waals surface area contributed by atoms with Gasteiger partial charge in [0.05, 0.1) is 13.2 Å². The standard InChI is InChI=1S/C16H13F2NO.C9H13BO3.C7H2BrF2N.C7H9P.2C2H4O2.CH6P2.Pd/c1-2-7-20-13-5-3-11(4-6-13)12-8-15(17)14(10-19)16(18)9-12;1-2-7-13-9-5-3-8(4-6-9)10(11)12;8-4-1-6(9)5(3-11)7(10)2-4;1-6-4-2-3-5-7(6)8;2*1-2(3)4;1-3-2;/h3-6,8-9H,2,7H2,1H3;3-6,11-12H,2,7H2,1H3;1-2H;2-5H,8H2,1H3;2*1H3,(H,3,4);3H,2H2,1H3;. The van der Waals surface area contributed by atoms with E-state index in [1.165, 1.54) is 23.0 Å². The first-order valence-electron chi connectivity index (χ1n) is 18.6. The molecule has 0 heterocycles. The third-order valence-corrected chi connectivity index (χ3v) is 7.88. The number of carboxylic acids is 2. The van der Waals surface area contributed by atoms with Crippen LogP contribution in [0.4, 0.5) is 17.6 Å². The fraction of sp³-hybridized carbons (Fsp3) is 0.227. The van der Waals surface area contributed by atoms with E-state index in [0.717, 1.165) is 65.0 Å². The summed E-state index contributed by atoms with van der Waals surface area (Å²) >= 11 is 2.89. The molecule has 0 spiro atoms. The van der Waals surface area contributed by atoms with E-state index in [9.17, 15) is 17.6 Å². The van der Waals surface area contributed by atoms with Crippen LogP contribution in [0.25, 0.3) is 11.1 Å². The Labute approximate surface area is 401 Å². The monoisotopic (exact) mass is 1100 g/mol. The number of ether oxygens (including phenoxy) is 2. The average molecular weight is 1100 g/mol. The molecular weight excluding hydrogens is 1050 g/mol. The number of carboxylic acid groups (broad SMARTS) is 2. The van der Waals surface area contributed by atoms with Crippen LogP contribution >= 0.6 is 42.4 Å². The van der Waals surface area contributed by atoms with E-state index in [0.29, 0.717) is 35.6 Å². The Bertz CT molecular complexity index is 2120. The van der Waals surface area contributed by atoms with Crippen molar-refractivity contribution in [2.45, 2.75) is 47.5 Å². The first kappa shape index (κ1) is 64.0. The molecule has 5 aromatic rings. The van der Waals surface area contributed by atoms with Crippen LogP contribution in [0.1, 0.15) is 57.2 Å². The second-order valence-electron chi connectivity index (χ2n) is 12.1. The summed E-state index contributed by atoms with van der Waals surface area (Å²) in [5.74, 6) is -3.60. The number of carbonyl (C=O) groups is 2. The molecule has 10 nitrogen and oxygen atoms in total. The van der Waals surface area contributed by atoms with Crippen LogP contribution in [0.5, 0.6) is 11.5 Å². The molecule has 5 aromatic carbocycles. The van der Waals surface area contributed by atoms with E-state index in [-0.39, 0.29) is 24.9 Å². The molecule has 5 rings (SSSR count). The maximum Gasteiger partial charge on any atom is 0.488 e. The molecule has 0 saturated carbocycles. The van der Waals surface area contributed by atoms with Crippen molar-refractivity contribution in [1.29, 1.82) is 10.5 Å². The van der Waals surface area contributed by atoms with Crippen LogP contribution in [0.2, 0.25) is 0 Å². The molecule has 3 atom stereocenters. The van der Waals surface area contributed by atoms with Gasteiger partial charge in [-0.3, -0.25) is 9.59 Å². The van der Waals surface area contributed by atoms with Gasteiger partial charge in [-0.2, -0.15) is 10.5 Å². The Hall–Kier alpha value is -4.24. The van der Waals surface area contributed by atoms with Gasteiger partial charge in [-0.25, -0.2) is 17.6 Å². The van der Waals surface area contributed by atoms with Crippen LogP contribution in [0.15, 0.2) is 102 Å².